The molecule has 4 nitrogen and oxygen atoms in total. The van der Waals surface area contributed by atoms with Crippen LogP contribution in [0.2, 0.25) is 5.02 Å². The molecule has 1 aliphatic heterocycles. The summed E-state index contributed by atoms with van der Waals surface area (Å²) in [5, 5.41) is 2.76. The summed E-state index contributed by atoms with van der Waals surface area (Å²) in [7, 11) is 0. The van der Waals surface area contributed by atoms with Gasteiger partial charge in [-0.2, -0.15) is 13.2 Å². The van der Waals surface area contributed by atoms with Gasteiger partial charge in [0.2, 0.25) is 6.10 Å². The third-order valence-corrected chi connectivity index (χ3v) is 5.16. The number of alkyl halides is 3. The molecule has 1 N–H and O–H groups in total. The zero-order valence-electron chi connectivity index (χ0n) is 16.1. The molecular formula is C21H23Cl2F3N2O2. The third-order valence-electron chi connectivity index (χ3n) is 4.91. The fourth-order valence-electron chi connectivity index (χ4n) is 3.47. The Labute approximate surface area is 184 Å². The van der Waals surface area contributed by atoms with Gasteiger partial charge in [-0.3, -0.25) is 10.2 Å². The molecule has 0 radical (unpaired) electrons. The number of hydrogen-bond acceptors (Lipinski definition) is 3. The van der Waals surface area contributed by atoms with Crippen molar-refractivity contribution in [2.75, 3.05) is 25.0 Å². The van der Waals surface area contributed by atoms with Crippen LogP contribution in [0.15, 0.2) is 54.6 Å². The van der Waals surface area contributed by atoms with Crippen LogP contribution in [-0.4, -0.2) is 42.9 Å². The summed E-state index contributed by atoms with van der Waals surface area (Å²) in [6.07, 6.45) is -6.29. The van der Waals surface area contributed by atoms with Crippen molar-refractivity contribution in [1.82, 2.24) is 4.90 Å². The summed E-state index contributed by atoms with van der Waals surface area (Å²) in [5.74, 6) is 0.168. The van der Waals surface area contributed by atoms with E-state index in [1.807, 2.05) is 30.3 Å². The van der Waals surface area contributed by atoms with Gasteiger partial charge in [0.05, 0.1) is 0 Å². The van der Waals surface area contributed by atoms with E-state index in [1.54, 1.807) is 4.90 Å². The van der Waals surface area contributed by atoms with Crippen LogP contribution in [0, 0.1) is 0 Å². The predicted molar refractivity (Wildman–Crippen MR) is 114 cm³/mol. The molecule has 0 bridgehead atoms. The maximum atomic E-state index is 13.5. The minimum atomic E-state index is -4.66. The molecule has 2 atom stereocenters. The van der Waals surface area contributed by atoms with E-state index < -0.39 is 18.4 Å². The summed E-state index contributed by atoms with van der Waals surface area (Å²) >= 11 is 5.76. The highest BCUT2D eigenvalue weighted by Gasteiger charge is 2.44. The van der Waals surface area contributed by atoms with Crippen molar-refractivity contribution in [1.29, 1.82) is 0 Å². The number of nitrogens with zero attached hydrogens (tertiary/aromatic N) is 1. The molecule has 0 saturated carbocycles. The van der Waals surface area contributed by atoms with Gasteiger partial charge < -0.3 is 4.74 Å². The normalized spacial score (nSPS) is 18.2. The van der Waals surface area contributed by atoms with Crippen molar-refractivity contribution >= 4 is 35.8 Å². The summed E-state index contributed by atoms with van der Waals surface area (Å²) in [5.41, 5.74) is 1.42. The molecule has 2 aromatic carbocycles. The minimum Gasteiger partial charge on any atom is -0.435 e. The zero-order chi connectivity index (χ0) is 20.9. The van der Waals surface area contributed by atoms with Gasteiger partial charge in [-0.05, 0) is 55.1 Å². The number of hydrogen-bond donors (Lipinski definition) is 1. The molecule has 1 amide bonds. The Hall–Kier alpha value is -1.96. The van der Waals surface area contributed by atoms with Crippen molar-refractivity contribution in [3.63, 3.8) is 0 Å². The molecule has 0 aliphatic carbocycles. The number of rotatable bonds is 5. The quantitative estimate of drug-likeness (QED) is 0.581. The minimum absolute atomic E-state index is 0. The van der Waals surface area contributed by atoms with E-state index in [-0.39, 0.29) is 24.9 Å². The van der Waals surface area contributed by atoms with Crippen molar-refractivity contribution in [3.05, 3.63) is 65.2 Å². The Kier molecular flexibility index (Phi) is 8.82. The summed E-state index contributed by atoms with van der Waals surface area (Å²) < 4.78 is 45.2. The van der Waals surface area contributed by atoms with Gasteiger partial charge in [0, 0.05) is 23.8 Å². The lowest BCUT2D eigenvalue weighted by Gasteiger charge is -2.35. The van der Waals surface area contributed by atoms with Crippen molar-refractivity contribution < 1.29 is 22.7 Å². The highest BCUT2D eigenvalue weighted by Crippen LogP contribution is 2.30. The van der Waals surface area contributed by atoms with E-state index in [0.29, 0.717) is 23.8 Å². The molecule has 1 aliphatic rings. The molecule has 1 heterocycles. The fraction of sp³-hybridized carbons (Fsp3) is 0.381. The molecule has 164 valence electrons. The van der Waals surface area contributed by atoms with Crippen LogP contribution in [0.3, 0.4) is 0 Å². The van der Waals surface area contributed by atoms with Gasteiger partial charge in [0.1, 0.15) is 0 Å². The van der Waals surface area contributed by atoms with Crippen molar-refractivity contribution in [2.45, 2.75) is 31.0 Å². The number of benzene rings is 2. The van der Waals surface area contributed by atoms with Crippen LogP contribution in [-0.2, 0) is 4.74 Å². The number of halogens is 5. The molecule has 1 fully saturated rings. The van der Waals surface area contributed by atoms with Crippen LogP contribution in [0.1, 0.15) is 24.3 Å². The lowest BCUT2D eigenvalue weighted by Crippen LogP contribution is -2.47. The number of carbonyl (C=O) groups excluding carboxylic acids is 1. The van der Waals surface area contributed by atoms with Crippen LogP contribution in [0.5, 0.6) is 0 Å². The second kappa shape index (κ2) is 10.9. The highest BCUT2D eigenvalue weighted by molar-refractivity contribution is 6.30. The Morgan fingerprint density at radius 3 is 2.47 bits per heavy atom. The van der Waals surface area contributed by atoms with E-state index in [2.05, 4.69) is 5.32 Å². The zero-order valence-corrected chi connectivity index (χ0v) is 17.6. The monoisotopic (exact) mass is 462 g/mol. The SMILES string of the molecule is Cl.O=C(Nc1ccc(Cl)cc1)OC(CN1CCCC(c2ccccc2)C1)C(F)(F)F. The lowest BCUT2D eigenvalue weighted by atomic mass is 9.90. The maximum absolute atomic E-state index is 13.5. The first-order valence-electron chi connectivity index (χ1n) is 9.38. The smallest absolute Gasteiger partial charge is 0.426 e. The predicted octanol–water partition coefficient (Wildman–Crippen LogP) is 6.12. The van der Waals surface area contributed by atoms with Gasteiger partial charge in [-0.1, -0.05) is 41.9 Å². The van der Waals surface area contributed by atoms with Crippen LogP contribution in [0.4, 0.5) is 23.7 Å². The van der Waals surface area contributed by atoms with E-state index in [1.165, 1.54) is 24.3 Å². The van der Waals surface area contributed by atoms with Gasteiger partial charge in [-0.15, -0.1) is 12.4 Å². The van der Waals surface area contributed by atoms with Crippen LogP contribution in [0.25, 0.3) is 0 Å². The third kappa shape index (κ3) is 7.07. The number of likely N-dealkylation sites (tertiary alicyclic amines) is 1. The first-order chi connectivity index (χ1) is 13.8. The molecule has 9 heteroatoms. The molecule has 0 spiro atoms. The second-order valence-corrected chi connectivity index (χ2v) is 7.51. The van der Waals surface area contributed by atoms with E-state index in [4.69, 9.17) is 16.3 Å². The average Bonchev–Trinajstić information content (AvgIpc) is 2.69. The Balaban J connectivity index is 0.00000320. The fourth-order valence-corrected chi connectivity index (χ4v) is 3.60. The molecule has 2 aromatic rings. The molecule has 1 saturated heterocycles. The number of anilines is 1. The molecular weight excluding hydrogens is 440 g/mol. The van der Waals surface area contributed by atoms with Crippen LogP contribution < -0.4 is 5.32 Å². The topological polar surface area (TPSA) is 41.6 Å². The summed E-state index contributed by atoms with van der Waals surface area (Å²) in [6.45, 7) is 0.651. The number of ether oxygens (including phenoxy) is 1. The number of carbonyl (C=O) groups is 1. The first-order valence-corrected chi connectivity index (χ1v) is 9.76. The van der Waals surface area contributed by atoms with Gasteiger partial charge >= 0.3 is 12.3 Å². The maximum Gasteiger partial charge on any atom is 0.426 e. The van der Waals surface area contributed by atoms with Crippen molar-refractivity contribution in [3.8, 4) is 0 Å². The lowest BCUT2D eigenvalue weighted by molar-refractivity contribution is -0.207. The van der Waals surface area contributed by atoms with Gasteiger partial charge in [-0.25, -0.2) is 4.79 Å². The molecule has 3 rings (SSSR count). The Bertz CT molecular complexity index is 804. The Morgan fingerprint density at radius 2 is 1.83 bits per heavy atom. The molecule has 2 unspecified atom stereocenters. The molecule has 30 heavy (non-hydrogen) atoms. The molecule has 0 aromatic heterocycles. The largest absolute Gasteiger partial charge is 0.435 e. The van der Waals surface area contributed by atoms with E-state index in [0.717, 1.165) is 18.4 Å². The van der Waals surface area contributed by atoms with Crippen LogP contribution >= 0.6 is 24.0 Å². The first kappa shape index (κ1) is 24.3. The van der Waals surface area contributed by atoms with Gasteiger partial charge in [0.25, 0.3) is 0 Å². The number of piperidine rings is 1. The van der Waals surface area contributed by atoms with Gasteiger partial charge in [0.15, 0.2) is 0 Å². The highest BCUT2D eigenvalue weighted by atomic mass is 35.5. The number of nitrogens with one attached hydrogen (secondary N) is 1. The summed E-state index contributed by atoms with van der Waals surface area (Å²) in [6, 6.07) is 15.8. The van der Waals surface area contributed by atoms with E-state index in [9.17, 15) is 18.0 Å². The summed E-state index contributed by atoms with van der Waals surface area (Å²) in [4.78, 5) is 13.7. The second-order valence-electron chi connectivity index (χ2n) is 7.08. The van der Waals surface area contributed by atoms with Crippen molar-refractivity contribution in [2.24, 2.45) is 0 Å². The van der Waals surface area contributed by atoms with E-state index >= 15 is 0 Å². The standard InChI is InChI=1S/C21H22ClF3N2O2.ClH/c22-17-8-10-18(11-9-17)26-20(28)29-19(21(23,24)25)14-27-12-4-7-16(13-27)15-5-2-1-3-6-15;/h1-3,5-6,8-11,16,19H,4,7,12-14H2,(H,26,28);1H. The number of amides is 1. The Morgan fingerprint density at radius 1 is 1.17 bits per heavy atom. The average molecular weight is 463 g/mol.